The summed E-state index contributed by atoms with van der Waals surface area (Å²) >= 11 is 0. The smallest absolute Gasteiger partial charge is 0.325 e. The van der Waals surface area contributed by atoms with Crippen LogP contribution in [0.1, 0.15) is 29.2 Å². The molecule has 1 atom stereocenters. The molecule has 1 unspecified atom stereocenters. The summed E-state index contributed by atoms with van der Waals surface area (Å²) in [6, 6.07) is 12.0. The van der Waals surface area contributed by atoms with Crippen LogP contribution in [0.5, 0.6) is 0 Å². The van der Waals surface area contributed by atoms with Crippen molar-refractivity contribution in [3.05, 3.63) is 59.3 Å². The first-order valence-electron chi connectivity index (χ1n) is 9.61. The van der Waals surface area contributed by atoms with E-state index >= 15 is 0 Å². The lowest BCUT2D eigenvalue weighted by molar-refractivity contribution is -0.143. The fraction of sp³-hybridized carbons (Fsp3) is 0.429. The number of benzene rings is 1. The van der Waals surface area contributed by atoms with Gasteiger partial charge in [0.25, 0.3) is 0 Å². The minimum Gasteiger partial charge on any atom is -0.480 e. The van der Waals surface area contributed by atoms with Gasteiger partial charge in [0.05, 0.1) is 0 Å². The third-order valence-electron chi connectivity index (χ3n) is 5.83. The molecule has 6 heteroatoms. The number of nitrogen functional groups attached to an aromatic ring is 1. The summed E-state index contributed by atoms with van der Waals surface area (Å²) in [5.41, 5.74) is 9.26. The van der Waals surface area contributed by atoms with Crippen molar-refractivity contribution in [2.75, 3.05) is 31.9 Å². The Balaban J connectivity index is 1.44. The Bertz CT molecular complexity index is 783. The standard InChI is InChI=1S/C21H26N4O2/c22-19-7-6-17(14-23-19)20(21(26)27)25-9-3-8-24(10-11-25)18-12-15-4-1-2-5-16(15)13-18/h1-2,4-7,14,18,20H,3,8-13H2,(H2,22,23)(H,26,27). The molecule has 6 nitrogen and oxygen atoms in total. The van der Waals surface area contributed by atoms with E-state index in [9.17, 15) is 9.90 Å². The number of rotatable bonds is 4. The lowest BCUT2D eigenvalue weighted by atomic mass is 10.1. The lowest BCUT2D eigenvalue weighted by Gasteiger charge is -2.29. The molecule has 0 saturated carbocycles. The molecule has 0 amide bonds. The van der Waals surface area contributed by atoms with Gasteiger partial charge in [-0.05, 0) is 48.6 Å². The number of hydrogen-bond acceptors (Lipinski definition) is 5. The Morgan fingerprint density at radius 3 is 2.44 bits per heavy atom. The van der Waals surface area contributed by atoms with Gasteiger partial charge in [0.15, 0.2) is 0 Å². The number of nitrogens with zero attached hydrogens (tertiary/aromatic N) is 3. The predicted molar refractivity (Wildman–Crippen MR) is 104 cm³/mol. The minimum absolute atomic E-state index is 0.408. The van der Waals surface area contributed by atoms with Gasteiger partial charge >= 0.3 is 5.97 Å². The molecule has 3 N–H and O–H groups in total. The number of hydrogen-bond donors (Lipinski definition) is 2. The molecule has 2 aromatic rings. The number of aliphatic carboxylic acids is 1. The maximum absolute atomic E-state index is 12.0. The summed E-state index contributed by atoms with van der Waals surface area (Å²) in [4.78, 5) is 20.7. The molecule has 27 heavy (non-hydrogen) atoms. The van der Waals surface area contributed by atoms with Crippen molar-refractivity contribution in [1.82, 2.24) is 14.8 Å². The molecule has 2 aliphatic rings. The molecule has 4 rings (SSSR count). The molecular formula is C21H26N4O2. The Morgan fingerprint density at radius 2 is 1.81 bits per heavy atom. The van der Waals surface area contributed by atoms with E-state index in [2.05, 4.69) is 39.0 Å². The first-order chi connectivity index (χ1) is 13.1. The van der Waals surface area contributed by atoms with Crippen molar-refractivity contribution in [2.45, 2.75) is 31.3 Å². The fourth-order valence-electron chi connectivity index (χ4n) is 4.46. The van der Waals surface area contributed by atoms with Crippen LogP contribution in [0.2, 0.25) is 0 Å². The van der Waals surface area contributed by atoms with Gasteiger partial charge in [-0.3, -0.25) is 14.6 Å². The Labute approximate surface area is 159 Å². The number of fused-ring (bicyclic) bond motifs is 1. The maximum Gasteiger partial charge on any atom is 0.325 e. The van der Waals surface area contributed by atoms with Crippen molar-refractivity contribution in [3.8, 4) is 0 Å². The van der Waals surface area contributed by atoms with Gasteiger partial charge in [-0.2, -0.15) is 0 Å². The van der Waals surface area contributed by atoms with E-state index in [-0.39, 0.29) is 0 Å². The molecule has 1 fully saturated rings. The zero-order valence-corrected chi connectivity index (χ0v) is 15.4. The van der Waals surface area contributed by atoms with E-state index in [4.69, 9.17) is 5.73 Å². The van der Waals surface area contributed by atoms with Crippen LogP contribution in [0.25, 0.3) is 0 Å². The molecule has 0 spiro atoms. The molecule has 1 saturated heterocycles. The predicted octanol–water partition coefficient (Wildman–Crippen LogP) is 1.96. The summed E-state index contributed by atoms with van der Waals surface area (Å²) in [5, 5.41) is 9.82. The monoisotopic (exact) mass is 366 g/mol. The second kappa shape index (κ2) is 7.66. The number of carbonyl (C=O) groups is 1. The molecule has 2 heterocycles. The Kier molecular flexibility index (Phi) is 5.09. The van der Waals surface area contributed by atoms with Crippen molar-refractivity contribution < 1.29 is 9.90 Å². The second-order valence-corrected chi connectivity index (χ2v) is 7.51. The molecule has 0 radical (unpaired) electrons. The first kappa shape index (κ1) is 17.9. The van der Waals surface area contributed by atoms with Crippen LogP contribution in [0.4, 0.5) is 5.82 Å². The lowest BCUT2D eigenvalue weighted by Crippen LogP contribution is -2.40. The van der Waals surface area contributed by atoms with Crippen molar-refractivity contribution in [1.29, 1.82) is 0 Å². The maximum atomic E-state index is 12.0. The van der Waals surface area contributed by atoms with E-state index in [0.717, 1.165) is 45.4 Å². The quantitative estimate of drug-likeness (QED) is 0.861. The molecule has 1 aromatic heterocycles. The third kappa shape index (κ3) is 3.82. The SMILES string of the molecule is Nc1ccc(C(C(=O)O)N2CCCN(C3Cc4ccccc4C3)CC2)cn1. The number of aromatic nitrogens is 1. The molecule has 1 aliphatic heterocycles. The van der Waals surface area contributed by atoms with Gasteiger partial charge in [-0.15, -0.1) is 0 Å². The summed E-state index contributed by atoms with van der Waals surface area (Å²) in [5.74, 6) is -0.422. The molecule has 1 aromatic carbocycles. The number of carboxylic acids is 1. The number of anilines is 1. The summed E-state index contributed by atoms with van der Waals surface area (Å²) in [7, 11) is 0. The largest absolute Gasteiger partial charge is 0.480 e. The average molecular weight is 366 g/mol. The Morgan fingerprint density at radius 1 is 1.07 bits per heavy atom. The molecule has 1 aliphatic carbocycles. The van der Waals surface area contributed by atoms with Crippen LogP contribution in [0.3, 0.4) is 0 Å². The number of carboxylic acid groups (broad SMARTS) is 1. The van der Waals surface area contributed by atoms with Gasteiger partial charge < -0.3 is 10.8 Å². The van der Waals surface area contributed by atoms with E-state index in [1.54, 1.807) is 18.3 Å². The van der Waals surface area contributed by atoms with E-state index in [1.165, 1.54) is 11.1 Å². The highest BCUT2D eigenvalue weighted by Gasteiger charge is 2.32. The normalized spacial score (nSPS) is 20.1. The van der Waals surface area contributed by atoms with Gasteiger partial charge in [0.2, 0.25) is 0 Å². The zero-order valence-electron chi connectivity index (χ0n) is 15.4. The minimum atomic E-state index is -0.830. The Hall–Kier alpha value is -2.44. The van der Waals surface area contributed by atoms with Crippen LogP contribution in [-0.4, -0.2) is 58.1 Å². The molecule has 142 valence electrons. The van der Waals surface area contributed by atoms with Crippen molar-refractivity contribution in [3.63, 3.8) is 0 Å². The molecule has 0 bridgehead atoms. The van der Waals surface area contributed by atoms with Gasteiger partial charge in [-0.1, -0.05) is 30.3 Å². The van der Waals surface area contributed by atoms with E-state index in [1.807, 2.05) is 0 Å². The average Bonchev–Trinajstić information content (AvgIpc) is 2.95. The van der Waals surface area contributed by atoms with E-state index < -0.39 is 12.0 Å². The number of pyridine rings is 1. The summed E-state index contributed by atoms with van der Waals surface area (Å²) < 4.78 is 0. The van der Waals surface area contributed by atoms with Crippen molar-refractivity contribution >= 4 is 11.8 Å². The first-order valence-corrected chi connectivity index (χ1v) is 9.61. The second-order valence-electron chi connectivity index (χ2n) is 7.51. The van der Waals surface area contributed by atoms with Gasteiger partial charge in [0.1, 0.15) is 11.9 Å². The molecular weight excluding hydrogens is 340 g/mol. The highest BCUT2D eigenvalue weighted by atomic mass is 16.4. The third-order valence-corrected chi connectivity index (χ3v) is 5.83. The topological polar surface area (TPSA) is 82.7 Å². The number of nitrogens with two attached hydrogens (primary N) is 1. The van der Waals surface area contributed by atoms with Crippen molar-refractivity contribution in [2.24, 2.45) is 0 Å². The zero-order chi connectivity index (χ0) is 18.8. The summed E-state index contributed by atoms with van der Waals surface area (Å²) in [6.07, 6.45) is 4.75. The van der Waals surface area contributed by atoms with Crippen LogP contribution in [0.15, 0.2) is 42.6 Å². The van der Waals surface area contributed by atoms with Crippen LogP contribution < -0.4 is 5.73 Å². The van der Waals surface area contributed by atoms with Gasteiger partial charge in [-0.25, -0.2) is 4.98 Å². The van der Waals surface area contributed by atoms with Crippen LogP contribution in [-0.2, 0) is 17.6 Å². The highest BCUT2D eigenvalue weighted by Crippen LogP contribution is 2.28. The van der Waals surface area contributed by atoms with Crippen LogP contribution in [0, 0.1) is 0 Å². The van der Waals surface area contributed by atoms with Crippen LogP contribution >= 0.6 is 0 Å². The van der Waals surface area contributed by atoms with E-state index in [0.29, 0.717) is 17.4 Å². The summed E-state index contributed by atoms with van der Waals surface area (Å²) in [6.45, 7) is 3.43. The van der Waals surface area contributed by atoms with Gasteiger partial charge in [0, 0.05) is 31.9 Å². The fourth-order valence-corrected chi connectivity index (χ4v) is 4.46. The highest BCUT2D eigenvalue weighted by molar-refractivity contribution is 5.75.